The third-order valence-corrected chi connectivity index (χ3v) is 11.8. The number of amidine groups is 1. The van der Waals surface area contributed by atoms with Crippen LogP contribution in [0.15, 0.2) is 88.8 Å². The fourth-order valence-corrected chi connectivity index (χ4v) is 9.17. The zero-order chi connectivity index (χ0) is 38.3. The van der Waals surface area contributed by atoms with E-state index in [4.69, 9.17) is 23.7 Å². The van der Waals surface area contributed by atoms with Gasteiger partial charge in [0.25, 0.3) is 0 Å². The lowest BCUT2D eigenvalue weighted by molar-refractivity contribution is -0.0907. The van der Waals surface area contributed by atoms with Gasteiger partial charge in [0.05, 0.1) is 36.3 Å². The van der Waals surface area contributed by atoms with Gasteiger partial charge < -0.3 is 44.5 Å². The summed E-state index contributed by atoms with van der Waals surface area (Å²) in [5.41, 5.74) is -0.0260. The van der Waals surface area contributed by atoms with Gasteiger partial charge in [-0.05, 0) is 54.5 Å². The second kappa shape index (κ2) is 17.0. The Balaban J connectivity index is 1.36. The van der Waals surface area contributed by atoms with E-state index >= 15 is 8.42 Å². The van der Waals surface area contributed by atoms with E-state index in [0.29, 0.717) is 30.9 Å². The van der Waals surface area contributed by atoms with Crippen LogP contribution < -0.4 is 24.8 Å². The van der Waals surface area contributed by atoms with Crippen molar-refractivity contribution in [1.29, 1.82) is 5.26 Å². The number of ether oxygens (including phenoxy) is 5. The Morgan fingerprint density at radius 1 is 1.07 bits per heavy atom. The molecule has 1 unspecified atom stereocenters. The summed E-state index contributed by atoms with van der Waals surface area (Å²) in [6.07, 6.45) is -0.703. The molecule has 1 amide bonds. The van der Waals surface area contributed by atoms with Crippen molar-refractivity contribution in [2.24, 2.45) is 22.2 Å². The Labute approximate surface area is 314 Å². The number of aliphatic hydroxyl groups excluding tert-OH is 1. The van der Waals surface area contributed by atoms with Gasteiger partial charge >= 0.3 is 12.1 Å². The maximum atomic E-state index is 15.1. The number of amides is 1. The molecule has 6 rings (SSSR count). The Morgan fingerprint density at radius 3 is 2.52 bits per heavy atom. The largest absolute Gasteiger partial charge is 0.465 e. The molecule has 0 saturated carbocycles. The molecule has 288 valence electrons. The molecule has 3 heterocycles. The highest BCUT2D eigenvalue weighted by molar-refractivity contribution is 7.89. The summed E-state index contributed by atoms with van der Waals surface area (Å²) in [4.78, 5) is 15.9. The lowest BCUT2D eigenvalue weighted by atomic mass is 9.80. The molecule has 3 aromatic carbocycles. The van der Waals surface area contributed by atoms with Gasteiger partial charge in [0.15, 0.2) is 17.8 Å². The summed E-state index contributed by atoms with van der Waals surface area (Å²) in [6, 6.07) is 20.0. The smallest absolute Gasteiger partial charge is 0.404 e. The number of hydrogen-bond acceptors (Lipinski definition) is 11. The molecule has 0 aliphatic carbocycles. The zero-order valence-corrected chi connectivity index (χ0v) is 30.9. The highest BCUT2D eigenvalue weighted by Crippen LogP contribution is 2.43. The van der Waals surface area contributed by atoms with Crippen LogP contribution in [0.2, 0.25) is 0 Å². The van der Waals surface area contributed by atoms with Crippen LogP contribution in [0.25, 0.3) is 0 Å². The Hall–Kier alpha value is -4.92. The van der Waals surface area contributed by atoms with Gasteiger partial charge in [0.2, 0.25) is 23.0 Å². The predicted octanol–water partition coefficient (Wildman–Crippen LogP) is 3.95. The topological polar surface area (TPSA) is 201 Å². The molecule has 4 N–H and O–H groups in total. The van der Waals surface area contributed by atoms with E-state index in [2.05, 4.69) is 15.6 Å². The number of sulfonamides is 1. The number of carboxylic acid groups (broad SMARTS) is 1. The number of aliphatic imine (C=N–C) groups is 1. The fraction of sp³-hybridized carbons (Fsp3) is 0.447. The van der Waals surface area contributed by atoms with Crippen molar-refractivity contribution < 1.29 is 47.1 Å². The molecule has 0 spiro atoms. The predicted molar refractivity (Wildman–Crippen MR) is 195 cm³/mol. The Bertz CT molecular complexity index is 1930. The molecule has 0 aromatic heterocycles. The third-order valence-electron chi connectivity index (χ3n) is 9.95. The van der Waals surface area contributed by atoms with Crippen molar-refractivity contribution in [3.05, 3.63) is 84.4 Å². The monoisotopic (exact) mass is 763 g/mol. The van der Waals surface area contributed by atoms with Gasteiger partial charge in [-0.1, -0.05) is 62.4 Å². The number of carbonyl (C=O) groups is 1. The van der Waals surface area contributed by atoms with E-state index in [9.17, 15) is 20.3 Å². The first-order chi connectivity index (χ1) is 25.9. The summed E-state index contributed by atoms with van der Waals surface area (Å²) in [5.74, 6) is 0.324. The average molecular weight is 764 g/mol. The van der Waals surface area contributed by atoms with E-state index < -0.39 is 51.9 Å². The van der Waals surface area contributed by atoms with E-state index in [1.165, 1.54) is 22.5 Å². The van der Waals surface area contributed by atoms with Crippen molar-refractivity contribution in [1.82, 2.24) is 14.9 Å². The summed E-state index contributed by atoms with van der Waals surface area (Å²) in [7, 11) is -4.44. The van der Waals surface area contributed by atoms with Crippen LogP contribution in [0.3, 0.4) is 0 Å². The first kappa shape index (κ1) is 38.8. The molecule has 3 aromatic rings. The summed E-state index contributed by atoms with van der Waals surface area (Å²) in [6.45, 7) is 4.36. The minimum Gasteiger partial charge on any atom is -0.465 e. The van der Waals surface area contributed by atoms with Crippen LogP contribution in [0.5, 0.6) is 17.2 Å². The molecule has 2 fully saturated rings. The second-order valence-corrected chi connectivity index (χ2v) is 16.1. The van der Waals surface area contributed by atoms with Gasteiger partial charge in [0, 0.05) is 31.0 Å². The van der Waals surface area contributed by atoms with Crippen LogP contribution in [0.1, 0.15) is 32.3 Å². The van der Waals surface area contributed by atoms with Crippen LogP contribution in [0, 0.1) is 28.7 Å². The van der Waals surface area contributed by atoms with E-state index in [-0.39, 0.29) is 55.5 Å². The van der Waals surface area contributed by atoms with Crippen LogP contribution >= 0.6 is 0 Å². The van der Waals surface area contributed by atoms with E-state index in [1.807, 2.05) is 50.2 Å². The molecule has 16 heteroatoms. The molecule has 0 radical (unpaired) electrons. The van der Waals surface area contributed by atoms with Crippen molar-refractivity contribution in [3.63, 3.8) is 0 Å². The number of para-hydroxylation sites is 1. The van der Waals surface area contributed by atoms with Crippen molar-refractivity contribution in [2.75, 3.05) is 33.1 Å². The zero-order valence-electron chi connectivity index (χ0n) is 30.0. The molecule has 2 saturated heterocycles. The Morgan fingerprint density at radius 2 is 1.80 bits per heavy atom. The number of rotatable bonds is 15. The van der Waals surface area contributed by atoms with Gasteiger partial charge in [-0.15, -0.1) is 4.99 Å². The molecule has 3 aliphatic heterocycles. The number of fused-ring (bicyclic) bond motifs is 2. The molecule has 6 atom stereocenters. The van der Waals surface area contributed by atoms with E-state index in [0.717, 1.165) is 5.56 Å². The standard InChI is InChI=1S/C38H45N5O10S/c1-38(2,16-17-40-36(41-23-39)53-26-11-7-4-8-12-26)22-43(54(47,48)27-13-14-31-32(20-27)52-24-51-31)33(29-21-50-35-28(29)15-18-49-35)34(44)30(42-37(45)46)19-25-9-5-3-6-10-25/h3-14,20,28-30,33-35,42,44H,15-19,21-22,24H2,1-2H3,(H,40,41)(H,45,46)/t28-,29+,30-,33?,34+,35+/m0/s1. The number of nitrogens with one attached hydrogen (secondary N) is 2. The Kier molecular flexibility index (Phi) is 12.2. The van der Waals surface area contributed by atoms with Crippen molar-refractivity contribution in [2.45, 2.75) is 62.5 Å². The maximum absolute atomic E-state index is 15.1. The van der Waals surface area contributed by atoms with Gasteiger partial charge in [0.1, 0.15) is 5.75 Å². The lowest BCUT2D eigenvalue weighted by Gasteiger charge is -2.44. The quantitative estimate of drug-likeness (QED) is 0.0989. The molecule has 0 bridgehead atoms. The summed E-state index contributed by atoms with van der Waals surface area (Å²) in [5, 5.41) is 37.3. The highest BCUT2D eigenvalue weighted by atomic mass is 32.2. The van der Waals surface area contributed by atoms with Gasteiger partial charge in [-0.25, -0.2) is 13.2 Å². The first-order valence-corrected chi connectivity index (χ1v) is 19.2. The average Bonchev–Trinajstić information content (AvgIpc) is 3.90. The lowest BCUT2D eigenvalue weighted by Crippen LogP contribution is -2.61. The maximum Gasteiger partial charge on any atom is 0.404 e. The fourth-order valence-electron chi connectivity index (χ4n) is 7.28. The highest BCUT2D eigenvalue weighted by Gasteiger charge is 2.53. The SMILES string of the molecule is CC(C)(CCNC(=NC#N)Oc1ccccc1)CN(C([C@H](O)[C@H](Cc1ccccc1)NC(=O)O)[C@@H]1CO[C@H]2OCC[C@H]21)S(=O)(=O)c1ccc2c(c1)OCO2. The van der Waals surface area contributed by atoms with Gasteiger partial charge in [-0.3, -0.25) is 0 Å². The van der Waals surface area contributed by atoms with Crippen molar-refractivity contribution in [3.8, 4) is 23.4 Å². The van der Waals surface area contributed by atoms with E-state index in [1.54, 1.807) is 30.5 Å². The minimum atomic E-state index is -4.44. The minimum absolute atomic E-state index is 0.0171. The normalized spacial score (nSPS) is 21.2. The number of aliphatic hydroxyl groups is 1. The molecular weight excluding hydrogens is 719 g/mol. The number of nitriles is 1. The van der Waals surface area contributed by atoms with Crippen molar-refractivity contribution >= 4 is 22.1 Å². The number of benzene rings is 3. The summed E-state index contributed by atoms with van der Waals surface area (Å²) < 4.78 is 60.1. The first-order valence-electron chi connectivity index (χ1n) is 17.7. The van der Waals surface area contributed by atoms with Crippen LogP contribution in [0.4, 0.5) is 4.79 Å². The number of hydrogen-bond donors (Lipinski definition) is 4. The molecular formula is C38H45N5O10S. The summed E-state index contributed by atoms with van der Waals surface area (Å²) >= 11 is 0. The molecule has 54 heavy (non-hydrogen) atoms. The van der Waals surface area contributed by atoms with Crippen LogP contribution in [-0.4, -0.2) is 92.6 Å². The van der Waals surface area contributed by atoms with Crippen LogP contribution in [-0.2, 0) is 25.9 Å². The molecule has 3 aliphatic rings. The second-order valence-electron chi connectivity index (χ2n) is 14.3. The molecule has 15 nitrogen and oxygen atoms in total. The number of nitrogens with zero attached hydrogens (tertiary/aromatic N) is 3. The third kappa shape index (κ3) is 9.23. The van der Waals surface area contributed by atoms with Gasteiger partial charge in [-0.2, -0.15) is 9.57 Å².